The number of para-hydroxylation sites is 1. The van der Waals surface area contributed by atoms with Crippen LogP contribution in [0.2, 0.25) is 0 Å². The highest BCUT2D eigenvalue weighted by Crippen LogP contribution is 2.29. The Morgan fingerprint density at radius 3 is 2.28 bits per heavy atom. The monoisotopic (exact) mass is 430 g/mol. The van der Waals surface area contributed by atoms with Crippen LogP contribution in [-0.4, -0.2) is 17.5 Å². The number of nitrogens with one attached hydrogen (secondary N) is 1. The van der Waals surface area contributed by atoms with E-state index >= 15 is 0 Å². The molecule has 0 spiro atoms. The highest BCUT2D eigenvalue weighted by atomic mass is 16.5. The lowest BCUT2D eigenvalue weighted by Crippen LogP contribution is -2.20. The molecule has 4 nitrogen and oxygen atoms in total. The molecular weight excluding hydrogens is 396 g/mol. The first-order chi connectivity index (χ1) is 15.6. The smallest absolute Gasteiger partial charge is 0.261 e. The maximum Gasteiger partial charge on any atom is 0.261 e. The van der Waals surface area contributed by atoms with Crippen molar-refractivity contribution in [2.24, 2.45) is 0 Å². The number of nitrogens with zero attached hydrogens (tertiary/aromatic N) is 1. The van der Waals surface area contributed by atoms with Gasteiger partial charge in [0.1, 0.15) is 11.3 Å². The van der Waals surface area contributed by atoms with Gasteiger partial charge in [-0.25, -0.2) is 0 Å². The van der Waals surface area contributed by atoms with Crippen LogP contribution in [0.1, 0.15) is 72.0 Å². The van der Waals surface area contributed by atoms with Crippen LogP contribution >= 0.6 is 0 Å². The van der Waals surface area contributed by atoms with Crippen molar-refractivity contribution in [2.75, 3.05) is 11.9 Å². The first-order valence-electron chi connectivity index (χ1n) is 11.7. The second-order valence-electron chi connectivity index (χ2n) is 8.06. The molecule has 0 saturated carbocycles. The minimum Gasteiger partial charge on any atom is -0.493 e. The van der Waals surface area contributed by atoms with Gasteiger partial charge in [-0.15, -0.1) is 0 Å². The van der Waals surface area contributed by atoms with Crippen LogP contribution in [0.15, 0.2) is 54.6 Å². The number of ether oxygens (including phenoxy) is 1. The van der Waals surface area contributed by atoms with E-state index in [1.807, 2.05) is 31.2 Å². The summed E-state index contributed by atoms with van der Waals surface area (Å²) in [6, 6.07) is 18.2. The molecule has 0 aliphatic heterocycles. The molecule has 0 atom stereocenters. The molecular formula is C28H34N2O2. The number of amides is 1. The zero-order chi connectivity index (χ0) is 22.9. The van der Waals surface area contributed by atoms with Gasteiger partial charge in [-0.3, -0.25) is 9.78 Å². The van der Waals surface area contributed by atoms with E-state index in [2.05, 4.69) is 56.4 Å². The summed E-state index contributed by atoms with van der Waals surface area (Å²) < 4.78 is 6.11. The molecule has 2 aromatic carbocycles. The van der Waals surface area contributed by atoms with Crippen LogP contribution in [0, 0.1) is 6.92 Å². The molecule has 32 heavy (non-hydrogen) atoms. The summed E-state index contributed by atoms with van der Waals surface area (Å²) in [5, 5.41) is 3.21. The largest absolute Gasteiger partial charge is 0.493 e. The van der Waals surface area contributed by atoms with E-state index in [4.69, 9.17) is 9.72 Å². The topological polar surface area (TPSA) is 51.2 Å². The van der Waals surface area contributed by atoms with Gasteiger partial charge in [0.15, 0.2) is 0 Å². The summed E-state index contributed by atoms with van der Waals surface area (Å²) in [5.41, 5.74) is 6.42. The number of unbranched alkanes of at least 4 members (excludes halogenated alkanes) is 1. The Morgan fingerprint density at radius 2 is 1.66 bits per heavy atom. The summed E-state index contributed by atoms with van der Waals surface area (Å²) >= 11 is 0. The van der Waals surface area contributed by atoms with E-state index in [-0.39, 0.29) is 5.91 Å². The highest BCUT2D eigenvalue weighted by Gasteiger charge is 2.22. The van der Waals surface area contributed by atoms with Crippen molar-refractivity contribution in [3.05, 3.63) is 88.2 Å². The summed E-state index contributed by atoms with van der Waals surface area (Å²) in [4.78, 5) is 18.5. The second kappa shape index (κ2) is 11.5. The van der Waals surface area contributed by atoms with Crippen molar-refractivity contribution in [3.8, 4) is 5.75 Å². The number of carbonyl (C=O) groups is 1. The standard InChI is InChI=1S/C28H34N2O2/c1-5-8-17-32-25-18-20(4)29-24(19-21-13-10-9-11-14-21)26(25)28(31)30-27-22(6-2)15-12-16-23(27)7-3/h9-16,18H,5-8,17,19H2,1-4H3,(H,30,31). The quantitative estimate of drug-likeness (QED) is 0.372. The molecule has 1 N–H and O–H groups in total. The molecule has 1 aromatic heterocycles. The van der Waals surface area contributed by atoms with Crippen molar-refractivity contribution in [1.82, 2.24) is 4.98 Å². The average molecular weight is 431 g/mol. The molecule has 0 aliphatic rings. The van der Waals surface area contributed by atoms with Crippen LogP contribution in [0.4, 0.5) is 5.69 Å². The second-order valence-corrected chi connectivity index (χ2v) is 8.06. The highest BCUT2D eigenvalue weighted by molar-refractivity contribution is 6.07. The first kappa shape index (κ1) is 23.5. The van der Waals surface area contributed by atoms with Crippen molar-refractivity contribution >= 4 is 11.6 Å². The van der Waals surface area contributed by atoms with Crippen LogP contribution in [-0.2, 0) is 19.3 Å². The Labute approximate surface area is 192 Å². The number of carbonyl (C=O) groups excluding carboxylic acids is 1. The molecule has 0 aliphatic carbocycles. The molecule has 0 saturated heterocycles. The molecule has 4 heteroatoms. The lowest BCUT2D eigenvalue weighted by atomic mass is 10.0. The molecule has 0 bridgehead atoms. The van der Waals surface area contributed by atoms with Gasteiger partial charge in [0, 0.05) is 23.9 Å². The zero-order valence-corrected chi connectivity index (χ0v) is 19.7. The Bertz CT molecular complexity index is 1020. The van der Waals surface area contributed by atoms with Crippen LogP contribution in [0.3, 0.4) is 0 Å². The van der Waals surface area contributed by atoms with E-state index in [0.29, 0.717) is 24.3 Å². The van der Waals surface area contributed by atoms with Gasteiger partial charge in [-0.2, -0.15) is 0 Å². The van der Waals surface area contributed by atoms with Crippen molar-refractivity contribution < 1.29 is 9.53 Å². The summed E-state index contributed by atoms with van der Waals surface area (Å²) in [6.45, 7) is 8.88. The van der Waals surface area contributed by atoms with Gasteiger partial charge in [-0.1, -0.05) is 75.7 Å². The number of pyridine rings is 1. The maximum atomic E-state index is 13.7. The van der Waals surface area contributed by atoms with E-state index in [0.717, 1.165) is 59.4 Å². The van der Waals surface area contributed by atoms with Crippen molar-refractivity contribution in [1.29, 1.82) is 0 Å². The first-order valence-corrected chi connectivity index (χ1v) is 11.7. The van der Waals surface area contributed by atoms with E-state index in [1.165, 1.54) is 0 Å². The third kappa shape index (κ3) is 5.76. The molecule has 0 radical (unpaired) electrons. The van der Waals surface area contributed by atoms with Gasteiger partial charge in [-0.05, 0) is 42.9 Å². The minimum absolute atomic E-state index is 0.162. The van der Waals surface area contributed by atoms with Crippen LogP contribution < -0.4 is 10.1 Å². The molecule has 0 fully saturated rings. The van der Waals surface area contributed by atoms with E-state index in [1.54, 1.807) is 0 Å². The van der Waals surface area contributed by atoms with Gasteiger partial charge in [0.05, 0.1) is 12.3 Å². The zero-order valence-electron chi connectivity index (χ0n) is 19.7. The predicted octanol–water partition coefficient (Wildman–Crippen LogP) is 6.54. The number of rotatable bonds is 10. The Kier molecular flexibility index (Phi) is 8.43. The molecule has 1 heterocycles. The van der Waals surface area contributed by atoms with Crippen LogP contribution in [0.25, 0.3) is 0 Å². The molecule has 168 valence electrons. The van der Waals surface area contributed by atoms with Gasteiger partial charge in [0.25, 0.3) is 5.91 Å². The SMILES string of the molecule is CCCCOc1cc(C)nc(Cc2ccccc2)c1C(=O)Nc1c(CC)cccc1CC. The Hall–Kier alpha value is -3.14. The lowest BCUT2D eigenvalue weighted by Gasteiger charge is -2.19. The number of aryl methyl sites for hydroxylation is 3. The number of anilines is 1. The maximum absolute atomic E-state index is 13.7. The molecule has 0 unspecified atom stereocenters. The fourth-order valence-electron chi connectivity index (χ4n) is 3.88. The molecule has 1 amide bonds. The predicted molar refractivity (Wildman–Crippen MR) is 132 cm³/mol. The number of benzene rings is 2. The number of aromatic nitrogens is 1. The number of hydrogen-bond acceptors (Lipinski definition) is 3. The normalized spacial score (nSPS) is 10.8. The summed E-state index contributed by atoms with van der Waals surface area (Å²) in [5.74, 6) is 0.451. The molecule has 3 rings (SSSR count). The fraction of sp³-hybridized carbons (Fsp3) is 0.357. The minimum atomic E-state index is -0.162. The molecule has 3 aromatic rings. The van der Waals surface area contributed by atoms with Gasteiger partial charge >= 0.3 is 0 Å². The van der Waals surface area contributed by atoms with Crippen molar-refractivity contribution in [3.63, 3.8) is 0 Å². The van der Waals surface area contributed by atoms with Gasteiger partial charge in [0.2, 0.25) is 0 Å². The third-order valence-electron chi connectivity index (χ3n) is 5.62. The Balaban J connectivity index is 2.04. The number of hydrogen-bond donors (Lipinski definition) is 1. The average Bonchev–Trinajstić information content (AvgIpc) is 2.79. The van der Waals surface area contributed by atoms with E-state index in [9.17, 15) is 4.79 Å². The third-order valence-corrected chi connectivity index (χ3v) is 5.62. The van der Waals surface area contributed by atoms with E-state index < -0.39 is 0 Å². The van der Waals surface area contributed by atoms with Crippen LogP contribution in [0.5, 0.6) is 5.75 Å². The summed E-state index contributed by atoms with van der Waals surface area (Å²) in [6.07, 6.45) is 4.26. The van der Waals surface area contributed by atoms with Crippen molar-refractivity contribution in [2.45, 2.75) is 59.8 Å². The lowest BCUT2D eigenvalue weighted by molar-refractivity contribution is 0.102. The fourth-order valence-corrected chi connectivity index (χ4v) is 3.88. The summed E-state index contributed by atoms with van der Waals surface area (Å²) in [7, 11) is 0. The van der Waals surface area contributed by atoms with Gasteiger partial charge < -0.3 is 10.1 Å². The Morgan fingerprint density at radius 1 is 0.969 bits per heavy atom.